The standard InChI is InChI=1S/C11H15N3O/c1-8-7-11(15)13(2)14(8)10-5-3-9(12)4-6-10/h3-6,8H,7,12H2,1-2H3. The van der Waals surface area contributed by atoms with Gasteiger partial charge in [-0.1, -0.05) is 0 Å². The monoisotopic (exact) mass is 205 g/mol. The third-order valence-corrected chi connectivity index (χ3v) is 2.73. The van der Waals surface area contributed by atoms with Crippen LogP contribution in [-0.2, 0) is 4.79 Å². The molecule has 1 amide bonds. The first-order valence-electron chi connectivity index (χ1n) is 5.01. The largest absolute Gasteiger partial charge is 0.399 e. The maximum absolute atomic E-state index is 11.5. The average Bonchev–Trinajstić information content (AvgIpc) is 2.44. The second-order valence-corrected chi connectivity index (χ2v) is 3.91. The van der Waals surface area contributed by atoms with E-state index in [9.17, 15) is 4.79 Å². The van der Waals surface area contributed by atoms with Gasteiger partial charge < -0.3 is 5.73 Å². The Morgan fingerprint density at radius 1 is 1.33 bits per heavy atom. The van der Waals surface area contributed by atoms with Crippen molar-refractivity contribution in [3.63, 3.8) is 0 Å². The highest BCUT2D eigenvalue weighted by molar-refractivity contribution is 5.82. The lowest BCUT2D eigenvalue weighted by Gasteiger charge is -2.29. The van der Waals surface area contributed by atoms with Gasteiger partial charge in [0.25, 0.3) is 0 Å². The van der Waals surface area contributed by atoms with Crippen LogP contribution in [0, 0.1) is 0 Å². The fraction of sp³-hybridized carbons (Fsp3) is 0.364. The Balaban J connectivity index is 2.30. The van der Waals surface area contributed by atoms with E-state index in [2.05, 4.69) is 0 Å². The van der Waals surface area contributed by atoms with Crippen LogP contribution >= 0.6 is 0 Å². The molecule has 0 radical (unpaired) electrons. The molecule has 0 aliphatic carbocycles. The van der Waals surface area contributed by atoms with Gasteiger partial charge in [-0.25, -0.2) is 0 Å². The number of carbonyl (C=O) groups is 1. The molecule has 2 rings (SSSR count). The van der Waals surface area contributed by atoms with Gasteiger partial charge in [0.05, 0.1) is 18.2 Å². The van der Waals surface area contributed by atoms with Gasteiger partial charge in [0.2, 0.25) is 5.91 Å². The van der Waals surface area contributed by atoms with Crippen molar-refractivity contribution in [2.24, 2.45) is 0 Å². The fourth-order valence-electron chi connectivity index (χ4n) is 1.94. The van der Waals surface area contributed by atoms with Crippen LogP contribution in [0.15, 0.2) is 24.3 Å². The number of rotatable bonds is 1. The number of nitrogen functional groups attached to an aromatic ring is 1. The molecule has 1 saturated heterocycles. The topological polar surface area (TPSA) is 49.6 Å². The molecule has 80 valence electrons. The van der Waals surface area contributed by atoms with Gasteiger partial charge in [-0.05, 0) is 31.2 Å². The van der Waals surface area contributed by atoms with Crippen molar-refractivity contribution in [1.82, 2.24) is 5.01 Å². The molecule has 0 spiro atoms. The number of nitrogens with two attached hydrogens (primary N) is 1. The van der Waals surface area contributed by atoms with Crippen LogP contribution in [0.2, 0.25) is 0 Å². The molecule has 0 aromatic heterocycles. The van der Waals surface area contributed by atoms with Crippen molar-refractivity contribution in [1.29, 1.82) is 0 Å². The van der Waals surface area contributed by atoms with Gasteiger partial charge in [0.15, 0.2) is 0 Å². The van der Waals surface area contributed by atoms with Gasteiger partial charge in [0, 0.05) is 12.7 Å². The number of hydrazine groups is 1. The summed E-state index contributed by atoms with van der Waals surface area (Å²) in [6.07, 6.45) is 0.570. The van der Waals surface area contributed by atoms with Crippen LogP contribution in [0.25, 0.3) is 0 Å². The average molecular weight is 205 g/mol. The Kier molecular flexibility index (Phi) is 2.26. The van der Waals surface area contributed by atoms with E-state index in [1.165, 1.54) is 0 Å². The summed E-state index contributed by atoms with van der Waals surface area (Å²) < 4.78 is 0. The van der Waals surface area contributed by atoms with E-state index in [0.29, 0.717) is 6.42 Å². The van der Waals surface area contributed by atoms with E-state index in [4.69, 9.17) is 5.73 Å². The van der Waals surface area contributed by atoms with Crippen molar-refractivity contribution in [3.8, 4) is 0 Å². The molecule has 2 N–H and O–H groups in total. The lowest BCUT2D eigenvalue weighted by Crippen LogP contribution is -2.38. The predicted octanol–water partition coefficient (Wildman–Crippen LogP) is 1.24. The highest BCUT2D eigenvalue weighted by atomic mass is 16.2. The summed E-state index contributed by atoms with van der Waals surface area (Å²) in [7, 11) is 1.79. The number of carbonyl (C=O) groups excluding carboxylic acids is 1. The fourth-order valence-corrected chi connectivity index (χ4v) is 1.94. The zero-order chi connectivity index (χ0) is 11.0. The first-order chi connectivity index (χ1) is 7.09. The van der Waals surface area contributed by atoms with E-state index in [1.807, 2.05) is 36.2 Å². The molecule has 15 heavy (non-hydrogen) atoms. The summed E-state index contributed by atoms with van der Waals surface area (Å²) in [4.78, 5) is 11.5. The quantitative estimate of drug-likeness (QED) is 0.702. The maximum atomic E-state index is 11.5. The molecular formula is C11H15N3O. The Morgan fingerprint density at radius 2 is 1.93 bits per heavy atom. The van der Waals surface area contributed by atoms with E-state index in [1.54, 1.807) is 12.1 Å². The summed E-state index contributed by atoms with van der Waals surface area (Å²) in [6.45, 7) is 2.04. The van der Waals surface area contributed by atoms with Gasteiger partial charge in [-0.2, -0.15) is 0 Å². The van der Waals surface area contributed by atoms with Gasteiger partial charge in [-0.15, -0.1) is 0 Å². The highest BCUT2D eigenvalue weighted by Crippen LogP contribution is 2.26. The summed E-state index contributed by atoms with van der Waals surface area (Å²) in [5.74, 6) is 0.152. The van der Waals surface area contributed by atoms with E-state index in [-0.39, 0.29) is 11.9 Å². The number of hydrogen-bond donors (Lipinski definition) is 1. The van der Waals surface area contributed by atoms with Crippen LogP contribution < -0.4 is 10.7 Å². The minimum Gasteiger partial charge on any atom is -0.399 e. The third kappa shape index (κ3) is 1.63. The Morgan fingerprint density at radius 3 is 2.40 bits per heavy atom. The number of benzene rings is 1. The highest BCUT2D eigenvalue weighted by Gasteiger charge is 2.32. The summed E-state index contributed by atoms with van der Waals surface area (Å²) in [6, 6.07) is 7.77. The van der Waals surface area contributed by atoms with Gasteiger partial charge >= 0.3 is 0 Å². The molecule has 1 unspecified atom stereocenters. The van der Waals surface area contributed by atoms with Crippen LogP contribution in [0.1, 0.15) is 13.3 Å². The van der Waals surface area contributed by atoms with Crippen LogP contribution in [0.4, 0.5) is 11.4 Å². The molecule has 1 aliphatic heterocycles. The first-order valence-corrected chi connectivity index (χ1v) is 5.01. The molecule has 4 heteroatoms. The summed E-state index contributed by atoms with van der Waals surface area (Å²) in [5, 5.41) is 3.65. The van der Waals surface area contributed by atoms with E-state index < -0.39 is 0 Å². The minimum atomic E-state index is 0.152. The molecule has 0 bridgehead atoms. The summed E-state index contributed by atoms with van der Waals surface area (Å²) in [5.41, 5.74) is 7.36. The molecule has 1 atom stereocenters. The molecule has 1 heterocycles. The first kappa shape index (κ1) is 9.83. The summed E-state index contributed by atoms with van der Waals surface area (Å²) >= 11 is 0. The second-order valence-electron chi connectivity index (χ2n) is 3.91. The number of nitrogens with zero attached hydrogens (tertiary/aromatic N) is 2. The van der Waals surface area contributed by atoms with Crippen molar-refractivity contribution in [2.45, 2.75) is 19.4 Å². The zero-order valence-corrected chi connectivity index (χ0v) is 8.97. The zero-order valence-electron chi connectivity index (χ0n) is 8.97. The van der Waals surface area contributed by atoms with Crippen molar-refractivity contribution >= 4 is 17.3 Å². The van der Waals surface area contributed by atoms with E-state index in [0.717, 1.165) is 11.4 Å². The molecule has 1 aromatic rings. The Labute approximate surface area is 89.2 Å². The predicted molar refractivity (Wildman–Crippen MR) is 60.2 cm³/mol. The van der Waals surface area contributed by atoms with Crippen LogP contribution in [0.5, 0.6) is 0 Å². The van der Waals surface area contributed by atoms with Crippen LogP contribution in [-0.4, -0.2) is 24.0 Å². The van der Waals surface area contributed by atoms with Gasteiger partial charge in [-0.3, -0.25) is 14.8 Å². The Bertz CT molecular complexity index is 374. The van der Waals surface area contributed by atoms with Crippen molar-refractivity contribution < 1.29 is 4.79 Å². The van der Waals surface area contributed by atoms with Crippen molar-refractivity contribution in [2.75, 3.05) is 17.8 Å². The molecule has 0 saturated carbocycles. The lowest BCUT2D eigenvalue weighted by atomic mass is 10.2. The van der Waals surface area contributed by atoms with Crippen molar-refractivity contribution in [3.05, 3.63) is 24.3 Å². The lowest BCUT2D eigenvalue weighted by molar-refractivity contribution is -0.126. The third-order valence-electron chi connectivity index (χ3n) is 2.73. The molecule has 1 fully saturated rings. The molecule has 4 nitrogen and oxygen atoms in total. The van der Waals surface area contributed by atoms with E-state index >= 15 is 0 Å². The minimum absolute atomic E-state index is 0.152. The normalized spacial score (nSPS) is 21.2. The second kappa shape index (κ2) is 3.46. The van der Waals surface area contributed by atoms with Gasteiger partial charge in [0.1, 0.15) is 0 Å². The molecular weight excluding hydrogens is 190 g/mol. The number of hydrogen-bond acceptors (Lipinski definition) is 3. The number of anilines is 2. The molecule has 1 aromatic carbocycles. The smallest absolute Gasteiger partial charge is 0.242 e. The maximum Gasteiger partial charge on any atom is 0.242 e. The SMILES string of the molecule is CC1CC(=O)N(C)N1c1ccc(N)cc1. The Hall–Kier alpha value is -1.71. The van der Waals surface area contributed by atoms with Crippen LogP contribution in [0.3, 0.4) is 0 Å². The molecule has 1 aliphatic rings. The number of amides is 1.